The molecule has 1 fully saturated rings. The molecule has 14 heavy (non-hydrogen) atoms. The molecule has 0 aliphatic carbocycles. The zero-order valence-electron chi connectivity index (χ0n) is 8.96. The third-order valence-electron chi connectivity index (χ3n) is 2.58. The van der Waals surface area contributed by atoms with Crippen LogP contribution in [0.1, 0.15) is 26.2 Å². The van der Waals surface area contributed by atoms with E-state index in [2.05, 4.69) is 11.8 Å². The Balaban J connectivity index is 2.22. The van der Waals surface area contributed by atoms with Crippen molar-refractivity contribution in [2.24, 2.45) is 5.73 Å². The lowest BCUT2D eigenvalue weighted by Crippen LogP contribution is -2.48. The van der Waals surface area contributed by atoms with E-state index in [1.807, 2.05) is 0 Å². The van der Waals surface area contributed by atoms with Gasteiger partial charge in [0.25, 0.3) is 0 Å². The maximum absolute atomic E-state index is 7.32. The minimum Gasteiger partial charge on any atom is -0.385 e. The molecular weight excluding hydrogens is 178 g/mol. The molecule has 0 bridgehead atoms. The molecule has 1 rings (SSSR count). The van der Waals surface area contributed by atoms with Crippen molar-refractivity contribution in [3.63, 3.8) is 0 Å². The second-order valence-electron chi connectivity index (χ2n) is 3.82. The molecule has 0 aromatic rings. The SMILES string of the molecule is CCCCCN1CCOC(C(=N)N)C1. The van der Waals surface area contributed by atoms with Crippen molar-refractivity contribution in [1.82, 2.24) is 4.90 Å². The Kier molecular flexibility index (Phi) is 4.90. The van der Waals surface area contributed by atoms with Crippen molar-refractivity contribution in [3.05, 3.63) is 0 Å². The second kappa shape index (κ2) is 5.98. The summed E-state index contributed by atoms with van der Waals surface area (Å²) in [5.41, 5.74) is 5.42. The molecule has 1 unspecified atom stereocenters. The maximum atomic E-state index is 7.32. The summed E-state index contributed by atoms with van der Waals surface area (Å²) < 4.78 is 5.38. The number of unbranched alkanes of at least 4 members (excludes halogenated alkanes) is 2. The van der Waals surface area contributed by atoms with Crippen molar-refractivity contribution in [2.75, 3.05) is 26.2 Å². The summed E-state index contributed by atoms with van der Waals surface area (Å²) in [6, 6.07) is 0. The Labute approximate surface area is 85.9 Å². The molecule has 3 N–H and O–H groups in total. The van der Waals surface area contributed by atoms with Gasteiger partial charge in [-0.1, -0.05) is 19.8 Å². The van der Waals surface area contributed by atoms with Gasteiger partial charge < -0.3 is 10.5 Å². The number of hydrogen-bond donors (Lipinski definition) is 2. The summed E-state index contributed by atoms with van der Waals surface area (Å²) in [6.45, 7) is 5.79. The predicted molar refractivity (Wildman–Crippen MR) is 57.6 cm³/mol. The van der Waals surface area contributed by atoms with E-state index in [0.29, 0.717) is 6.61 Å². The number of nitrogens with one attached hydrogen (secondary N) is 1. The molecule has 0 amide bonds. The summed E-state index contributed by atoms with van der Waals surface area (Å²) >= 11 is 0. The van der Waals surface area contributed by atoms with Gasteiger partial charge in [-0.3, -0.25) is 10.3 Å². The first-order valence-corrected chi connectivity index (χ1v) is 5.42. The van der Waals surface area contributed by atoms with Crippen molar-refractivity contribution in [2.45, 2.75) is 32.3 Å². The van der Waals surface area contributed by atoms with E-state index in [9.17, 15) is 0 Å². The highest BCUT2D eigenvalue weighted by Gasteiger charge is 2.21. The van der Waals surface area contributed by atoms with Gasteiger partial charge in [0, 0.05) is 13.1 Å². The van der Waals surface area contributed by atoms with Gasteiger partial charge >= 0.3 is 0 Å². The van der Waals surface area contributed by atoms with Crippen LogP contribution in [0, 0.1) is 5.41 Å². The van der Waals surface area contributed by atoms with Crippen molar-refractivity contribution in [3.8, 4) is 0 Å². The van der Waals surface area contributed by atoms with E-state index in [0.717, 1.165) is 19.6 Å². The number of nitrogens with zero attached hydrogens (tertiary/aromatic N) is 1. The van der Waals surface area contributed by atoms with Crippen LogP contribution in [0.2, 0.25) is 0 Å². The van der Waals surface area contributed by atoms with Crippen LogP contribution in [-0.2, 0) is 4.74 Å². The molecule has 82 valence electrons. The van der Waals surface area contributed by atoms with Crippen LogP contribution in [0.25, 0.3) is 0 Å². The molecule has 4 heteroatoms. The van der Waals surface area contributed by atoms with E-state index in [1.54, 1.807) is 0 Å². The second-order valence-corrected chi connectivity index (χ2v) is 3.82. The number of rotatable bonds is 5. The molecule has 1 aliphatic rings. The predicted octanol–water partition coefficient (Wildman–Crippen LogP) is 0.813. The Morgan fingerprint density at radius 1 is 1.57 bits per heavy atom. The highest BCUT2D eigenvalue weighted by Crippen LogP contribution is 2.06. The van der Waals surface area contributed by atoms with Crippen LogP contribution in [0.3, 0.4) is 0 Å². The van der Waals surface area contributed by atoms with E-state index in [4.69, 9.17) is 15.9 Å². The van der Waals surface area contributed by atoms with E-state index in [1.165, 1.54) is 19.3 Å². The number of hydrogen-bond acceptors (Lipinski definition) is 3. The molecule has 0 aromatic carbocycles. The molecule has 0 radical (unpaired) electrons. The molecular formula is C10H21N3O. The first kappa shape index (κ1) is 11.5. The monoisotopic (exact) mass is 199 g/mol. The maximum Gasteiger partial charge on any atom is 0.127 e. The summed E-state index contributed by atoms with van der Waals surface area (Å²) in [5, 5.41) is 7.32. The highest BCUT2D eigenvalue weighted by atomic mass is 16.5. The lowest BCUT2D eigenvalue weighted by atomic mass is 10.2. The summed E-state index contributed by atoms with van der Waals surface area (Å²) in [6.07, 6.45) is 3.59. The van der Waals surface area contributed by atoms with E-state index in [-0.39, 0.29) is 11.9 Å². The smallest absolute Gasteiger partial charge is 0.127 e. The normalized spacial score (nSPS) is 23.6. The van der Waals surface area contributed by atoms with Gasteiger partial charge in [-0.2, -0.15) is 0 Å². The fraction of sp³-hybridized carbons (Fsp3) is 0.900. The van der Waals surface area contributed by atoms with Crippen LogP contribution in [0.4, 0.5) is 0 Å². The highest BCUT2D eigenvalue weighted by molar-refractivity contribution is 5.82. The van der Waals surface area contributed by atoms with E-state index < -0.39 is 0 Å². The molecule has 0 aromatic heterocycles. The number of ether oxygens (including phenoxy) is 1. The van der Waals surface area contributed by atoms with Gasteiger partial charge in [0.1, 0.15) is 11.9 Å². The molecule has 0 saturated carbocycles. The minimum absolute atomic E-state index is 0.158. The lowest BCUT2D eigenvalue weighted by molar-refractivity contribution is 0.00516. The first-order chi connectivity index (χ1) is 6.74. The third-order valence-corrected chi connectivity index (χ3v) is 2.58. The van der Waals surface area contributed by atoms with Crippen LogP contribution in [-0.4, -0.2) is 43.1 Å². The number of amidine groups is 1. The average Bonchev–Trinajstić information content (AvgIpc) is 2.19. The fourth-order valence-electron chi connectivity index (χ4n) is 1.68. The van der Waals surface area contributed by atoms with Crippen LogP contribution in [0.15, 0.2) is 0 Å². The molecule has 1 aliphatic heterocycles. The van der Waals surface area contributed by atoms with Crippen molar-refractivity contribution < 1.29 is 4.74 Å². The van der Waals surface area contributed by atoms with Gasteiger partial charge in [0.2, 0.25) is 0 Å². The van der Waals surface area contributed by atoms with Gasteiger partial charge in [-0.05, 0) is 13.0 Å². The molecule has 0 spiro atoms. The zero-order valence-corrected chi connectivity index (χ0v) is 8.96. The van der Waals surface area contributed by atoms with Gasteiger partial charge in [-0.15, -0.1) is 0 Å². The van der Waals surface area contributed by atoms with Crippen LogP contribution < -0.4 is 5.73 Å². The van der Waals surface area contributed by atoms with Crippen LogP contribution in [0.5, 0.6) is 0 Å². The molecule has 1 saturated heterocycles. The number of morpholine rings is 1. The third kappa shape index (κ3) is 3.64. The van der Waals surface area contributed by atoms with E-state index >= 15 is 0 Å². The van der Waals surface area contributed by atoms with Crippen molar-refractivity contribution in [1.29, 1.82) is 5.41 Å². The zero-order chi connectivity index (χ0) is 10.4. The van der Waals surface area contributed by atoms with Gasteiger partial charge in [0.15, 0.2) is 0 Å². The fourth-order valence-corrected chi connectivity index (χ4v) is 1.68. The Morgan fingerprint density at radius 2 is 2.36 bits per heavy atom. The Hall–Kier alpha value is -0.610. The topological polar surface area (TPSA) is 62.3 Å². The standard InChI is InChI=1S/C10H21N3O/c1-2-3-4-5-13-6-7-14-9(8-13)10(11)12/h9H,2-8H2,1H3,(H3,11,12). The molecule has 1 atom stereocenters. The van der Waals surface area contributed by atoms with Crippen LogP contribution >= 0.6 is 0 Å². The lowest BCUT2D eigenvalue weighted by Gasteiger charge is -2.32. The Morgan fingerprint density at radius 3 is 3.00 bits per heavy atom. The first-order valence-electron chi connectivity index (χ1n) is 5.42. The Bertz CT molecular complexity index is 184. The number of nitrogens with two attached hydrogens (primary N) is 1. The van der Waals surface area contributed by atoms with Gasteiger partial charge in [-0.25, -0.2) is 0 Å². The minimum atomic E-state index is -0.176. The average molecular weight is 199 g/mol. The quantitative estimate of drug-likeness (QED) is 0.391. The largest absolute Gasteiger partial charge is 0.385 e. The summed E-state index contributed by atoms with van der Waals surface area (Å²) in [7, 11) is 0. The van der Waals surface area contributed by atoms with Crippen molar-refractivity contribution >= 4 is 5.84 Å². The summed E-state index contributed by atoms with van der Waals surface area (Å²) in [4.78, 5) is 2.34. The van der Waals surface area contributed by atoms with Gasteiger partial charge in [0.05, 0.1) is 6.61 Å². The molecule has 1 heterocycles. The summed E-state index contributed by atoms with van der Waals surface area (Å²) in [5.74, 6) is 0.158. The molecule has 4 nitrogen and oxygen atoms in total.